The van der Waals surface area contributed by atoms with Crippen LogP contribution in [0.15, 0.2) is 12.1 Å². The highest BCUT2D eigenvalue weighted by molar-refractivity contribution is 7.99. The standard InChI is InChI=1S/C14H19N3O3S/c1-9-6-13(17(19)20)10(2)5-12(9)16-14(18)7-11-8-21-4-3-15-11/h5-6,11,15H,3-4,7-8H2,1-2H3,(H,16,18). The molecule has 0 aliphatic carbocycles. The Hall–Kier alpha value is -1.60. The van der Waals surface area contributed by atoms with Gasteiger partial charge in [-0.2, -0.15) is 11.8 Å². The number of amides is 1. The molecule has 7 heteroatoms. The van der Waals surface area contributed by atoms with Gasteiger partial charge >= 0.3 is 0 Å². The van der Waals surface area contributed by atoms with E-state index < -0.39 is 4.92 Å². The van der Waals surface area contributed by atoms with Crippen molar-refractivity contribution in [3.63, 3.8) is 0 Å². The van der Waals surface area contributed by atoms with Crippen LogP contribution in [0.5, 0.6) is 0 Å². The molecule has 0 saturated carbocycles. The minimum atomic E-state index is -0.406. The van der Waals surface area contributed by atoms with E-state index in [1.165, 1.54) is 6.07 Å². The Morgan fingerprint density at radius 2 is 2.24 bits per heavy atom. The largest absolute Gasteiger partial charge is 0.326 e. The van der Waals surface area contributed by atoms with E-state index in [2.05, 4.69) is 10.6 Å². The minimum Gasteiger partial charge on any atom is -0.326 e. The summed E-state index contributed by atoms with van der Waals surface area (Å²) >= 11 is 1.84. The molecule has 0 aromatic heterocycles. The highest BCUT2D eigenvalue weighted by atomic mass is 32.2. The van der Waals surface area contributed by atoms with Gasteiger partial charge in [0.15, 0.2) is 0 Å². The summed E-state index contributed by atoms with van der Waals surface area (Å²) in [6.07, 6.45) is 0.419. The molecule has 0 bridgehead atoms. The van der Waals surface area contributed by atoms with E-state index >= 15 is 0 Å². The van der Waals surface area contributed by atoms with Crippen LogP contribution in [0.2, 0.25) is 0 Å². The van der Waals surface area contributed by atoms with Gasteiger partial charge in [-0.25, -0.2) is 0 Å². The molecule has 1 fully saturated rings. The van der Waals surface area contributed by atoms with Crippen molar-refractivity contribution >= 4 is 29.0 Å². The third kappa shape index (κ3) is 4.18. The molecular formula is C14H19N3O3S. The molecule has 6 nitrogen and oxygen atoms in total. The van der Waals surface area contributed by atoms with Crippen LogP contribution in [0.4, 0.5) is 11.4 Å². The molecule has 1 aromatic carbocycles. The lowest BCUT2D eigenvalue weighted by molar-refractivity contribution is -0.385. The second-order valence-corrected chi connectivity index (χ2v) is 6.34. The molecule has 1 aliphatic rings. The first-order valence-electron chi connectivity index (χ1n) is 6.84. The number of hydrogen-bond donors (Lipinski definition) is 2. The summed E-state index contributed by atoms with van der Waals surface area (Å²) in [7, 11) is 0. The molecule has 1 aliphatic heterocycles. The first-order chi connectivity index (χ1) is 9.97. The van der Waals surface area contributed by atoms with Crippen molar-refractivity contribution < 1.29 is 9.72 Å². The lowest BCUT2D eigenvalue weighted by atomic mass is 10.1. The van der Waals surface area contributed by atoms with Crippen molar-refractivity contribution in [2.45, 2.75) is 26.3 Å². The maximum atomic E-state index is 12.1. The molecule has 2 N–H and O–H groups in total. The molecular weight excluding hydrogens is 290 g/mol. The molecule has 0 radical (unpaired) electrons. The summed E-state index contributed by atoms with van der Waals surface area (Å²) in [5.41, 5.74) is 1.97. The predicted molar refractivity (Wildman–Crippen MR) is 84.9 cm³/mol. The minimum absolute atomic E-state index is 0.0636. The fourth-order valence-corrected chi connectivity index (χ4v) is 3.26. The summed E-state index contributed by atoms with van der Waals surface area (Å²) in [5.74, 6) is 1.95. The molecule has 1 unspecified atom stereocenters. The number of carbonyl (C=O) groups excluding carboxylic acids is 1. The lowest BCUT2D eigenvalue weighted by Crippen LogP contribution is -2.39. The number of nitrogens with one attached hydrogen (secondary N) is 2. The van der Waals surface area contributed by atoms with E-state index in [0.29, 0.717) is 23.2 Å². The maximum absolute atomic E-state index is 12.1. The number of thioether (sulfide) groups is 1. The third-order valence-corrected chi connectivity index (χ3v) is 4.57. The highest BCUT2D eigenvalue weighted by Crippen LogP contribution is 2.26. The molecule has 1 atom stereocenters. The number of nitro benzene ring substituents is 1. The second-order valence-electron chi connectivity index (χ2n) is 5.19. The smallest absolute Gasteiger partial charge is 0.272 e. The summed E-state index contributed by atoms with van der Waals surface area (Å²) in [6, 6.07) is 3.36. The van der Waals surface area contributed by atoms with Gasteiger partial charge in [0.25, 0.3) is 5.69 Å². The van der Waals surface area contributed by atoms with Crippen LogP contribution in [0, 0.1) is 24.0 Å². The van der Waals surface area contributed by atoms with E-state index in [-0.39, 0.29) is 17.6 Å². The van der Waals surface area contributed by atoms with Crippen molar-refractivity contribution in [3.8, 4) is 0 Å². The Bertz CT molecular complexity index is 557. The van der Waals surface area contributed by atoms with Crippen LogP contribution in [0.1, 0.15) is 17.5 Å². The van der Waals surface area contributed by atoms with E-state index in [0.717, 1.165) is 18.1 Å². The molecule has 1 saturated heterocycles. The predicted octanol–water partition coefficient (Wildman–Crippen LogP) is 2.25. The summed E-state index contributed by atoms with van der Waals surface area (Å²) < 4.78 is 0. The van der Waals surface area contributed by atoms with Gasteiger partial charge < -0.3 is 10.6 Å². The van der Waals surface area contributed by atoms with E-state index in [4.69, 9.17) is 0 Å². The van der Waals surface area contributed by atoms with Gasteiger partial charge in [0, 0.05) is 47.8 Å². The van der Waals surface area contributed by atoms with Gasteiger partial charge in [-0.05, 0) is 25.5 Å². The number of aryl methyl sites for hydroxylation is 2. The number of benzene rings is 1. The first-order valence-corrected chi connectivity index (χ1v) is 7.99. The van der Waals surface area contributed by atoms with Crippen LogP contribution in [-0.2, 0) is 4.79 Å². The van der Waals surface area contributed by atoms with Crippen LogP contribution >= 0.6 is 11.8 Å². The lowest BCUT2D eigenvalue weighted by Gasteiger charge is -2.22. The molecule has 2 rings (SSSR count). The van der Waals surface area contributed by atoms with Gasteiger partial charge in [0.1, 0.15) is 0 Å². The molecule has 0 spiro atoms. The van der Waals surface area contributed by atoms with E-state index in [1.807, 2.05) is 11.8 Å². The second kappa shape index (κ2) is 6.91. The Labute approximate surface area is 127 Å². The monoisotopic (exact) mass is 309 g/mol. The Morgan fingerprint density at radius 1 is 1.48 bits per heavy atom. The average molecular weight is 309 g/mol. The fraction of sp³-hybridized carbons (Fsp3) is 0.500. The zero-order valence-electron chi connectivity index (χ0n) is 12.1. The van der Waals surface area contributed by atoms with Crippen molar-refractivity contribution in [3.05, 3.63) is 33.4 Å². The average Bonchev–Trinajstić information content (AvgIpc) is 2.43. The number of nitrogens with zero attached hydrogens (tertiary/aromatic N) is 1. The molecule has 1 aromatic rings. The van der Waals surface area contributed by atoms with E-state index in [1.54, 1.807) is 19.9 Å². The number of nitro groups is 1. The number of hydrogen-bond acceptors (Lipinski definition) is 5. The normalized spacial score (nSPS) is 18.3. The zero-order valence-corrected chi connectivity index (χ0v) is 13.0. The topological polar surface area (TPSA) is 84.3 Å². The Balaban J connectivity index is 2.03. The van der Waals surface area contributed by atoms with Gasteiger partial charge in [0.2, 0.25) is 5.91 Å². The van der Waals surface area contributed by atoms with Crippen LogP contribution in [0.3, 0.4) is 0 Å². The molecule has 1 heterocycles. The first kappa shape index (κ1) is 15.8. The van der Waals surface area contributed by atoms with Crippen LogP contribution in [0.25, 0.3) is 0 Å². The summed E-state index contributed by atoms with van der Waals surface area (Å²) in [5, 5.41) is 17.0. The Kier molecular flexibility index (Phi) is 5.19. The van der Waals surface area contributed by atoms with Crippen LogP contribution in [-0.4, -0.2) is 34.9 Å². The number of carbonyl (C=O) groups is 1. The number of rotatable bonds is 4. The van der Waals surface area contributed by atoms with Crippen molar-refractivity contribution in [1.29, 1.82) is 0 Å². The quantitative estimate of drug-likeness (QED) is 0.658. The van der Waals surface area contributed by atoms with Crippen molar-refractivity contribution in [2.75, 3.05) is 23.4 Å². The van der Waals surface area contributed by atoms with Crippen LogP contribution < -0.4 is 10.6 Å². The number of anilines is 1. The highest BCUT2D eigenvalue weighted by Gasteiger charge is 2.18. The van der Waals surface area contributed by atoms with Gasteiger partial charge in [-0.1, -0.05) is 0 Å². The summed E-state index contributed by atoms with van der Waals surface area (Å²) in [4.78, 5) is 22.5. The fourth-order valence-electron chi connectivity index (χ4n) is 2.31. The third-order valence-electron chi connectivity index (χ3n) is 3.44. The van der Waals surface area contributed by atoms with Gasteiger partial charge in [-0.3, -0.25) is 14.9 Å². The SMILES string of the molecule is Cc1cc([N+](=O)[O-])c(C)cc1NC(=O)CC1CSCCN1. The maximum Gasteiger partial charge on any atom is 0.272 e. The van der Waals surface area contributed by atoms with E-state index in [9.17, 15) is 14.9 Å². The van der Waals surface area contributed by atoms with Gasteiger partial charge in [-0.15, -0.1) is 0 Å². The van der Waals surface area contributed by atoms with Gasteiger partial charge in [0.05, 0.1) is 4.92 Å². The van der Waals surface area contributed by atoms with Crippen molar-refractivity contribution in [2.24, 2.45) is 0 Å². The van der Waals surface area contributed by atoms with Crippen molar-refractivity contribution in [1.82, 2.24) is 5.32 Å². The zero-order chi connectivity index (χ0) is 15.4. The Morgan fingerprint density at radius 3 is 2.86 bits per heavy atom. The molecule has 21 heavy (non-hydrogen) atoms. The summed E-state index contributed by atoms with van der Waals surface area (Å²) in [6.45, 7) is 4.36. The molecule has 114 valence electrons. The molecule has 1 amide bonds.